The second-order valence-electron chi connectivity index (χ2n) is 5.91. The van der Waals surface area contributed by atoms with Gasteiger partial charge in [0.05, 0.1) is 10.9 Å². The molecule has 1 unspecified atom stereocenters. The average molecular weight is 302 g/mol. The summed E-state index contributed by atoms with van der Waals surface area (Å²) in [5.41, 5.74) is 1.27. The van der Waals surface area contributed by atoms with E-state index in [1.54, 1.807) is 0 Å². The van der Waals surface area contributed by atoms with Crippen LogP contribution in [-0.2, 0) is 4.79 Å². The summed E-state index contributed by atoms with van der Waals surface area (Å²) in [6, 6.07) is 10.5. The number of carbonyl (C=O) groups is 1. The van der Waals surface area contributed by atoms with Crippen LogP contribution in [0.1, 0.15) is 25.7 Å². The monoisotopic (exact) mass is 302 g/mol. The molecule has 4 heteroatoms. The Labute approximate surface area is 131 Å². The lowest BCUT2D eigenvalue weighted by atomic mass is 9.87. The molecule has 0 amide bonds. The molecule has 2 aliphatic rings. The summed E-state index contributed by atoms with van der Waals surface area (Å²) < 4.78 is 0. The van der Waals surface area contributed by atoms with Gasteiger partial charge in [0, 0.05) is 38.3 Å². The Morgan fingerprint density at radius 2 is 1.76 bits per heavy atom. The van der Waals surface area contributed by atoms with E-state index < -0.39 is 0 Å². The molecule has 1 saturated carbocycles. The highest BCUT2D eigenvalue weighted by Gasteiger charge is 2.30. The maximum Gasteiger partial charge on any atom is 0.142 e. The summed E-state index contributed by atoms with van der Waals surface area (Å²) in [7, 11) is 0. The SMILES string of the molecule is O=C1CCCCC1C(=S)N1CCN(c2ccccc2)CC1. The minimum atomic E-state index is 0.0111. The number of hydrogen-bond donors (Lipinski definition) is 0. The molecule has 3 rings (SSSR count). The number of rotatable bonds is 2. The van der Waals surface area contributed by atoms with Gasteiger partial charge in [0.25, 0.3) is 0 Å². The predicted octanol–water partition coefficient (Wildman–Crippen LogP) is 2.90. The molecule has 1 aromatic rings. The quantitative estimate of drug-likeness (QED) is 0.784. The standard InChI is InChI=1S/C17H22N2OS/c20-16-9-5-4-8-15(16)17(21)19-12-10-18(11-13-19)14-6-2-1-3-7-14/h1-3,6-7,15H,4-5,8-13H2. The summed E-state index contributed by atoms with van der Waals surface area (Å²) in [6.07, 6.45) is 3.85. The van der Waals surface area contributed by atoms with Crippen LogP contribution in [0.25, 0.3) is 0 Å². The van der Waals surface area contributed by atoms with Gasteiger partial charge in [-0.1, -0.05) is 36.8 Å². The van der Waals surface area contributed by atoms with E-state index in [2.05, 4.69) is 34.1 Å². The highest BCUT2D eigenvalue weighted by atomic mass is 32.1. The van der Waals surface area contributed by atoms with Gasteiger partial charge in [-0.25, -0.2) is 0 Å². The molecule has 3 nitrogen and oxygen atoms in total. The van der Waals surface area contributed by atoms with Crippen molar-refractivity contribution in [2.45, 2.75) is 25.7 Å². The van der Waals surface area contributed by atoms with E-state index in [1.165, 1.54) is 5.69 Å². The molecule has 0 radical (unpaired) electrons. The van der Waals surface area contributed by atoms with Gasteiger partial charge in [0.1, 0.15) is 5.78 Å². The topological polar surface area (TPSA) is 23.6 Å². The Morgan fingerprint density at radius 3 is 2.43 bits per heavy atom. The van der Waals surface area contributed by atoms with Crippen molar-refractivity contribution >= 4 is 28.7 Å². The highest BCUT2D eigenvalue weighted by Crippen LogP contribution is 2.25. The number of hydrogen-bond acceptors (Lipinski definition) is 3. The third kappa shape index (κ3) is 3.26. The van der Waals surface area contributed by atoms with Crippen LogP contribution in [0.3, 0.4) is 0 Å². The van der Waals surface area contributed by atoms with E-state index >= 15 is 0 Å². The van der Waals surface area contributed by atoms with E-state index in [0.29, 0.717) is 5.78 Å². The average Bonchev–Trinajstić information content (AvgIpc) is 2.56. The highest BCUT2D eigenvalue weighted by molar-refractivity contribution is 7.80. The van der Waals surface area contributed by atoms with E-state index in [4.69, 9.17) is 12.2 Å². The molecule has 1 aliphatic carbocycles. The Bertz CT molecular complexity index is 509. The van der Waals surface area contributed by atoms with Gasteiger partial charge in [0.2, 0.25) is 0 Å². The molecule has 21 heavy (non-hydrogen) atoms. The van der Waals surface area contributed by atoms with E-state index in [1.807, 2.05) is 6.07 Å². The molecule has 1 atom stereocenters. The van der Waals surface area contributed by atoms with Crippen molar-refractivity contribution in [3.05, 3.63) is 30.3 Å². The second kappa shape index (κ2) is 6.56. The molecule has 1 heterocycles. The first kappa shape index (κ1) is 14.5. The maximum atomic E-state index is 12.0. The van der Waals surface area contributed by atoms with Crippen LogP contribution < -0.4 is 4.90 Å². The Balaban J connectivity index is 1.58. The molecule has 1 aromatic carbocycles. The van der Waals surface area contributed by atoms with Gasteiger partial charge in [-0.05, 0) is 25.0 Å². The summed E-state index contributed by atoms with van der Waals surface area (Å²) in [6.45, 7) is 3.81. The second-order valence-corrected chi connectivity index (χ2v) is 6.33. The van der Waals surface area contributed by atoms with Crippen molar-refractivity contribution < 1.29 is 4.79 Å². The molecule has 1 saturated heterocycles. The zero-order valence-electron chi connectivity index (χ0n) is 12.3. The fraction of sp³-hybridized carbons (Fsp3) is 0.529. The Hall–Kier alpha value is -1.42. The smallest absolute Gasteiger partial charge is 0.142 e. The van der Waals surface area contributed by atoms with Crippen LogP contribution in [0, 0.1) is 5.92 Å². The van der Waals surface area contributed by atoms with Crippen molar-refractivity contribution in [1.82, 2.24) is 4.90 Å². The van der Waals surface area contributed by atoms with Gasteiger partial charge in [-0.3, -0.25) is 4.79 Å². The lowest BCUT2D eigenvalue weighted by molar-refractivity contribution is -0.122. The van der Waals surface area contributed by atoms with Crippen LogP contribution >= 0.6 is 12.2 Å². The zero-order valence-corrected chi connectivity index (χ0v) is 13.1. The molecule has 1 aliphatic heterocycles. The summed E-state index contributed by atoms with van der Waals surface area (Å²) >= 11 is 5.61. The lowest BCUT2D eigenvalue weighted by Gasteiger charge is -2.39. The molecular weight excluding hydrogens is 280 g/mol. The van der Waals surface area contributed by atoms with Gasteiger partial charge in [-0.15, -0.1) is 0 Å². The maximum absolute atomic E-state index is 12.0. The Morgan fingerprint density at radius 1 is 1.05 bits per heavy atom. The van der Waals surface area contributed by atoms with Crippen LogP contribution in [0.5, 0.6) is 0 Å². The number of thiocarbonyl (C=S) groups is 1. The van der Waals surface area contributed by atoms with Crippen molar-refractivity contribution in [2.75, 3.05) is 31.1 Å². The van der Waals surface area contributed by atoms with Crippen molar-refractivity contribution in [3.8, 4) is 0 Å². The Kier molecular flexibility index (Phi) is 4.54. The van der Waals surface area contributed by atoms with E-state index in [-0.39, 0.29) is 5.92 Å². The lowest BCUT2D eigenvalue weighted by Crippen LogP contribution is -2.51. The number of para-hydroxylation sites is 1. The first-order valence-electron chi connectivity index (χ1n) is 7.87. The van der Waals surface area contributed by atoms with Crippen LogP contribution in [0.2, 0.25) is 0 Å². The largest absolute Gasteiger partial charge is 0.368 e. The predicted molar refractivity (Wildman–Crippen MR) is 89.8 cm³/mol. The third-order valence-corrected chi connectivity index (χ3v) is 5.11. The molecule has 0 N–H and O–H groups in total. The van der Waals surface area contributed by atoms with Crippen molar-refractivity contribution in [1.29, 1.82) is 0 Å². The molecular formula is C17H22N2OS. The number of anilines is 1. The summed E-state index contributed by atoms with van der Waals surface area (Å²) in [5, 5.41) is 0. The zero-order chi connectivity index (χ0) is 14.7. The van der Waals surface area contributed by atoms with Gasteiger partial charge in [0.15, 0.2) is 0 Å². The van der Waals surface area contributed by atoms with Crippen molar-refractivity contribution in [2.24, 2.45) is 5.92 Å². The number of piperazine rings is 1. The van der Waals surface area contributed by atoms with Crippen LogP contribution in [0.4, 0.5) is 5.69 Å². The summed E-state index contributed by atoms with van der Waals surface area (Å²) in [5.74, 6) is 0.369. The normalized spacial score (nSPS) is 23.2. The third-order valence-electron chi connectivity index (χ3n) is 4.57. The number of carbonyl (C=O) groups excluding carboxylic acids is 1. The van der Waals surface area contributed by atoms with Crippen LogP contribution in [0.15, 0.2) is 30.3 Å². The first-order chi connectivity index (χ1) is 10.3. The van der Waals surface area contributed by atoms with Crippen molar-refractivity contribution in [3.63, 3.8) is 0 Å². The van der Waals surface area contributed by atoms with Gasteiger partial charge < -0.3 is 9.80 Å². The molecule has 112 valence electrons. The van der Waals surface area contributed by atoms with E-state index in [9.17, 15) is 4.79 Å². The number of ketones is 1. The van der Waals surface area contributed by atoms with Gasteiger partial charge in [-0.2, -0.15) is 0 Å². The fourth-order valence-corrected chi connectivity index (χ4v) is 3.72. The minimum Gasteiger partial charge on any atom is -0.368 e. The summed E-state index contributed by atoms with van der Waals surface area (Å²) in [4.78, 5) is 17.6. The number of nitrogens with zero attached hydrogens (tertiary/aromatic N) is 2. The van der Waals surface area contributed by atoms with E-state index in [0.717, 1.165) is 56.9 Å². The molecule has 0 aromatic heterocycles. The molecule has 0 bridgehead atoms. The number of benzene rings is 1. The first-order valence-corrected chi connectivity index (χ1v) is 8.28. The minimum absolute atomic E-state index is 0.0111. The van der Waals surface area contributed by atoms with Gasteiger partial charge >= 0.3 is 0 Å². The number of Topliss-reactive ketones (excluding diaryl/α,β-unsaturated/α-hetero) is 1. The molecule has 0 spiro atoms. The van der Waals surface area contributed by atoms with Crippen LogP contribution in [-0.4, -0.2) is 41.9 Å². The molecule has 2 fully saturated rings. The fourth-order valence-electron chi connectivity index (χ4n) is 3.29.